The maximum Gasteiger partial charge on any atom is 0.290 e. The van der Waals surface area contributed by atoms with Crippen molar-refractivity contribution in [2.24, 2.45) is 0 Å². The predicted molar refractivity (Wildman–Crippen MR) is 99.4 cm³/mol. The van der Waals surface area contributed by atoms with Crippen molar-refractivity contribution in [3.05, 3.63) is 64.4 Å². The molecule has 0 spiro atoms. The highest BCUT2D eigenvalue weighted by Crippen LogP contribution is 2.24. The fourth-order valence-electron chi connectivity index (χ4n) is 2.27. The van der Waals surface area contributed by atoms with E-state index in [2.05, 4.69) is 15.4 Å². The van der Waals surface area contributed by atoms with Crippen LogP contribution in [0.4, 0.5) is 0 Å². The Bertz CT molecular complexity index is 810. The van der Waals surface area contributed by atoms with Crippen LogP contribution in [0.15, 0.2) is 48.5 Å². The molecule has 0 bridgehead atoms. The molecule has 0 unspecified atom stereocenters. The van der Waals surface area contributed by atoms with Crippen molar-refractivity contribution in [3.63, 3.8) is 0 Å². The molecule has 0 aliphatic heterocycles. The maximum absolute atomic E-state index is 12.2. The van der Waals surface area contributed by atoms with Crippen molar-refractivity contribution in [3.8, 4) is 17.1 Å². The summed E-state index contributed by atoms with van der Waals surface area (Å²) in [6, 6.07) is 14.4. The third kappa shape index (κ3) is 4.00. The summed E-state index contributed by atoms with van der Waals surface area (Å²) in [5.41, 5.74) is 1.57. The molecule has 25 heavy (non-hydrogen) atoms. The molecule has 128 valence electrons. The minimum absolute atomic E-state index is 0.119. The van der Waals surface area contributed by atoms with Gasteiger partial charge in [0.15, 0.2) is 5.82 Å². The molecule has 5 nitrogen and oxygen atoms in total. The molecule has 1 aromatic heterocycles. The fraction of sp³-hybridized carbons (Fsp3) is 0.167. The summed E-state index contributed by atoms with van der Waals surface area (Å²) in [6.45, 7) is 2.56. The van der Waals surface area contributed by atoms with Gasteiger partial charge in [-0.05, 0) is 55.0 Å². The van der Waals surface area contributed by atoms with Crippen molar-refractivity contribution in [1.29, 1.82) is 0 Å². The van der Waals surface area contributed by atoms with Gasteiger partial charge in [-0.25, -0.2) is 9.67 Å². The van der Waals surface area contributed by atoms with Gasteiger partial charge < -0.3 is 5.32 Å². The van der Waals surface area contributed by atoms with E-state index in [1.165, 1.54) is 0 Å². The molecule has 0 saturated carbocycles. The second kappa shape index (κ2) is 7.68. The first-order valence-corrected chi connectivity index (χ1v) is 8.61. The van der Waals surface area contributed by atoms with Crippen LogP contribution in [0.25, 0.3) is 17.1 Å². The molecular weight excluding hydrogens is 359 g/mol. The zero-order valence-corrected chi connectivity index (χ0v) is 15.1. The van der Waals surface area contributed by atoms with Gasteiger partial charge in [0.05, 0.1) is 5.69 Å². The van der Waals surface area contributed by atoms with Gasteiger partial charge in [0.25, 0.3) is 5.91 Å². The van der Waals surface area contributed by atoms with E-state index in [-0.39, 0.29) is 11.7 Å². The van der Waals surface area contributed by atoms with Crippen LogP contribution in [0.1, 0.15) is 24.0 Å². The molecule has 7 heteroatoms. The van der Waals surface area contributed by atoms with Gasteiger partial charge in [-0.3, -0.25) is 4.79 Å². The van der Waals surface area contributed by atoms with Gasteiger partial charge in [-0.1, -0.05) is 30.1 Å². The third-order valence-electron chi connectivity index (χ3n) is 3.52. The van der Waals surface area contributed by atoms with Gasteiger partial charge in [0, 0.05) is 22.2 Å². The molecule has 0 aliphatic rings. The second-order valence-electron chi connectivity index (χ2n) is 5.41. The average molecular weight is 375 g/mol. The summed E-state index contributed by atoms with van der Waals surface area (Å²) in [7, 11) is 0. The van der Waals surface area contributed by atoms with Crippen molar-refractivity contribution in [1.82, 2.24) is 20.1 Å². The Hall–Kier alpha value is -2.37. The third-order valence-corrected chi connectivity index (χ3v) is 4.02. The summed E-state index contributed by atoms with van der Waals surface area (Å²) in [5, 5.41) is 8.42. The van der Waals surface area contributed by atoms with Gasteiger partial charge in [0.1, 0.15) is 0 Å². The molecule has 0 fully saturated rings. The number of carbonyl (C=O) groups is 1. The highest BCUT2D eigenvalue weighted by atomic mass is 35.5. The lowest BCUT2D eigenvalue weighted by Gasteiger charge is -2.06. The van der Waals surface area contributed by atoms with Crippen molar-refractivity contribution in [2.75, 3.05) is 6.54 Å². The van der Waals surface area contributed by atoms with E-state index in [1.54, 1.807) is 28.9 Å². The van der Waals surface area contributed by atoms with Gasteiger partial charge in [-0.2, -0.15) is 0 Å². The monoisotopic (exact) mass is 374 g/mol. The minimum Gasteiger partial charge on any atom is -0.349 e. The maximum atomic E-state index is 12.2. The number of nitrogens with zero attached hydrogens (tertiary/aromatic N) is 3. The molecular formula is C18H16Cl2N4O. The number of hydrogen-bond donors (Lipinski definition) is 1. The lowest BCUT2D eigenvalue weighted by molar-refractivity contribution is 0.0943. The van der Waals surface area contributed by atoms with Crippen LogP contribution in [0.3, 0.4) is 0 Å². The van der Waals surface area contributed by atoms with Crippen molar-refractivity contribution >= 4 is 29.1 Å². The molecule has 1 N–H and O–H groups in total. The number of halogens is 2. The summed E-state index contributed by atoms with van der Waals surface area (Å²) in [4.78, 5) is 16.7. The zero-order valence-electron chi connectivity index (χ0n) is 13.5. The highest BCUT2D eigenvalue weighted by molar-refractivity contribution is 6.30. The number of amides is 1. The van der Waals surface area contributed by atoms with E-state index in [4.69, 9.17) is 23.2 Å². The Morgan fingerprint density at radius 2 is 1.64 bits per heavy atom. The van der Waals surface area contributed by atoms with Gasteiger partial charge in [-0.15, -0.1) is 5.10 Å². The normalized spacial score (nSPS) is 10.7. The van der Waals surface area contributed by atoms with E-state index < -0.39 is 0 Å². The molecule has 1 amide bonds. The van der Waals surface area contributed by atoms with E-state index >= 15 is 0 Å². The van der Waals surface area contributed by atoms with Crippen LogP contribution in [0, 0.1) is 0 Å². The van der Waals surface area contributed by atoms with Crippen LogP contribution in [-0.4, -0.2) is 27.2 Å². The molecule has 0 radical (unpaired) electrons. The fourth-order valence-corrected chi connectivity index (χ4v) is 2.53. The number of hydrogen-bond acceptors (Lipinski definition) is 3. The number of benzene rings is 2. The molecule has 0 aliphatic carbocycles. The first-order valence-electron chi connectivity index (χ1n) is 7.85. The van der Waals surface area contributed by atoms with E-state index in [0.29, 0.717) is 22.4 Å². The summed E-state index contributed by atoms with van der Waals surface area (Å²) in [5.74, 6) is 0.374. The van der Waals surface area contributed by atoms with Crippen LogP contribution >= 0.6 is 23.2 Å². The minimum atomic E-state index is -0.301. The molecule has 0 saturated heterocycles. The summed E-state index contributed by atoms with van der Waals surface area (Å²) >= 11 is 11.9. The lowest BCUT2D eigenvalue weighted by atomic mass is 10.2. The van der Waals surface area contributed by atoms with E-state index in [1.807, 2.05) is 31.2 Å². The van der Waals surface area contributed by atoms with Crippen LogP contribution < -0.4 is 5.32 Å². The quantitative estimate of drug-likeness (QED) is 0.720. The van der Waals surface area contributed by atoms with Gasteiger partial charge >= 0.3 is 0 Å². The number of nitrogens with one attached hydrogen (secondary N) is 1. The molecule has 2 aromatic carbocycles. The second-order valence-corrected chi connectivity index (χ2v) is 6.28. The summed E-state index contributed by atoms with van der Waals surface area (Å²) < 4.78 is 1.63. The standard InChI is InChI=1S/C18H16Cl2N4O/c1-2-11-21-18(25)16-22-17(12-3-5-13(19)6-4-12)24(23-16)15-9-7-14(20)8-10-15/h3-10H,2,11H2,1H3,(H,21,25). The van der Waals surface area contributed by atoms with Gasteiger partial charge in [0.2, 0.25) is 5.82 Å². The lowest BCUT2D eigenvalue weighted by Crippen LogP contribution is -2.25. The van der Waals surface area contributed by atoms with E-state index in [9.17, 15) is 4.79 Å². The zero-order chi connectivity index (χ0) is 17.8. The molecule has 0 atom stereocenters. The topological polar surface area (TPSA) is 59.8 Å². The van der Waals surface area contributed by atoms with Crippen molar-refractivity contribution < 1.29 is 4.79 Å². The number of rotatable bonds is 5. The van der Waals surface area contributed by atoms with Crippen LogP contribution in [0.2, 0.25) is 10.0 Å². The van der Waals surface area contributed by atoms with Crippen LogP contribution in [-0.2, 0) is 0 Å². The Kier molecular flexibility index (Phi) is 5.36. The SMILES string of the molecule is CCCNC(=O)c1nc(-c2ccc(Cl)cc2)n(-c2ccc(Cl)cc2)n1. The van der Waals surface area contributed by atoms with Crippen molar-refractivity contribution in [2.45, 2.75) is 13.3 Å². The van der Waals surface area contributed by atoms with E-state index in [0.717, 1.165) is 17.7 Å². The first kappa shape index (κ1) is 17.5. The summed E-state index contributed by atoms with van der Waals surface area (Å²) in [6.07, 6.45) is 0.841. The molecule has 1 heterocycles. The Balaban J connectivity index is 2.07. The first-order chi connectivity index (χ1) is 12.1. The Morgan fingerprint density at radius 1 is 1.04 bits per heavy atom. The molecule has 3 aromatic rings. The molecule has 3 rings (SSSR count). The average Bonchev–Trinajstić information content (AvgIpc) is 3.06. The predicted octanol–water partition coefficient (Wildman–Crippen LogP) is 4.38. The van der Waals surface area contributed by atoms with Crippen LogP contribution in [0.5, 0.6) is 0 Å². The number of carbonyl (C=O) groups excluding carboxylic acids is 1. The Morgan fingerprint density at radius 3 is 2.24 bits per heavy atom. The highest BCUT2D eigenvalue weighted by Gasteiger charge is 2.18. The smallest absolute Gasteiger partial charge is 0.290 e. The number of aromatic nitrogens is 3. The Labute approximate surface area is 155 Å². The largest absolute Gasteiger partial charge is 0.349 e.